The van der Waals surface area contributed by atoms with Gasteiger partial charge in [0, 0.05) is 30.2 Å². The molecule has 0 bridgehead atoms. The molecular weight excluding hydrogens is 282 g/mol. The summed E-state index contributed by atoms with van der Waals surface area (Å²) in [6.45, 7) is 1.29. The maximum Gasteiger partial charge on any atom is 0.225 e. The highest BCUT2D eigenvalue weighted by molar-refractivity contribution is 7.99. The first-order valence-corrected chi connectivity index (χ1v) is 7.87. The monoisotopic (exact) mass is 299 g/mol. The molecule has 1 amide bonds. The van der Waals surface area contributed by atoms with Gasteiger partial charge in [-0.15, -0.1) is 0 Å². The molecule has 1 atom stereocenters. The number of methoxy groups -OCH3 is 1. The molecule has 1 aromatic rings. The molecule has 0 unspecified atom stereocenters. The maximum absolute atomic E-state index is 12.2. The van der Waals surface area contributed by atoms with E-state index in [1.807, 2.05) is 40.9 Å². The first-order chi connectivity index (χ1) is 9.22. The van der Waals surface area contributed by atoms with Gasteiger partial charge in [0.1, 0.15) is 0 Å². The van der Waals surface area contributed by atoms with Crippen molar-refractivity contribution in [3.8, 4) is 0 Å². The standard InChI is InChI=1S/C14H18ClNO2S/c1-18-8-6-14(17)16-7-9-19-10-13(16)11-2-4-12(15)5-3-11/h2-5,13H,6-10H2,1H3/t13-/m0/s1. The molecule has 0 spiro atoms. The van der Waals surface area contributed by atoms with Crippen molar-refractivity contribution in [1.82, 2.24) is 4.90 Å². The number of hydrogen-bond acceptors (Lipinski definition) is 3. The zero-order valence-corrected chi connectivity index (χ0v) is 12.5. The minimum Gasteiger partial charge on any atom is -0.384 e. The highest BCUT2D eigenvalue weighted by Crippen LogP contribution is 2.30. The molecule has 0 N–H and O–H groups in total. The molecule has 1 heterocycles. The van der Waals surface area contributed by atoms with Crippen molar-refractivity contribution in [2.24, 2.45) is 0 Å². The van der Waals surface area contributed by atoms with Gasteiger partial charge in [0.15, 0.2) is 0 Å². The number of rotatable bonds is 4. The molecule has 0 aliphatic carbocycles. The summed E-state index contributed by atoms with van der Waals surface area (Å²) in [6.07, 6.45) is 0.450. The van der Waals surface area contributed by atoms with Crippen LogP contribution in [-0.4, -0.2) is 42.6 Å². The number of thioether (sulfide) groups is 1. The van der Waals surface area contributed by atoms with Crippen molar-refractivity contribution in [2.45, 2.75) is 12.5 Å². The van der Waals surface area contributed by atoms with Gasteiger partial charge in [0.25, 0.3) is 0 Å². The van der Waals surface area contributed by atoms with Crippen molar-refractivity contribution in [3.05, 3.63) is 34.9 Å². The lowest BCUT2D eigenvalue weighted by Crippen LogP contribution is -2.41. The van der Waals surface area contributed by atoms with Gasteiger partial charge >= 0.3 is 0 Å². The second kappa shape index (κ2) is 7.17. The molecule has 1 aromatic carbocycles. The smallest absolute Gasteiger partial charge is 0.225 e. The molecule has 1 aliphatic heterocycles. The Labute approximate surface area is 123 Å². The molecule has 5 heteroatoms. The fourth-order valence-corrected chi connectivity index (χ4v) is 3.41. The van der Waals surface area contributed by atoms with Gasteiger partial charge in [-0.25, -0.2) is 0 Å². The summed E-state index contributed by atoms with van der Waals surface area (Å²) < 4.78 is 4.99. The van der Waals surface area contributed by atoms with Crippen LogP contribution in [0.4, 0.5) is 0 Å². The van der Waals surface area contributed by atoms with Crippen LogP contribution in [0.1, 0.15) is 18.0 Å². The zero-order chi connectivity index (χ0) is 13.7. The van der Waals surface area contributed by atoms with E-state index in [-0.39, 0.29) is 11.9 Å². The molecule has 1 saturated heterocycles. The largest absolute Gasteiger partial charge is 0.384 e. The van der Waals surface area contributed by atoms with Crippen LogP contribution in [0, 0.1) is 0 Å². The van der Waals surface area contributed by atoms with E-state index in [1.54, 1.807) is 7.11 Å². The second-order valence-corrected chi connectivity index (χ2v) is 6.06. The molecule has 1 aliphatic rings. The summed E-state index contributed by atoms with van der Waals surface area (Å²) in [5.41, 5.74) is 1.15. The van der Waals surface area contributed by atoms with Crippen LogP contribution >= 0.6 is 23.4 Å². The Balaban J connectivity index is 2.11. The lowest BCUT2D eigenvalue weighted by atomic mass is 10.1. The molecule has 3 nitrogen and oxygen atoms in total. The number of nitrogens with zero attached hydrogens (tertiary/aromatic N) is 1. The third-order valence-corrected chi connectivity index (χ3v) is 4.50. The molecule has 19 heavy (non-hydrogen) atoms. The van der Waals surface area contributed by atoms with Gasteiger partial charge < -0.3 is 9.64 Å². The van der Waals surface area contributed by atoms with Crippen LogP contribution < -0.4 is 0 Å². The lowest BCUT2D eigenvalue weighted by Gasteiger charge is -2.36. The molecule has 0 radical (unpaired) electrons. The Morgan fingerprint density at radius 2 is 2.21 bits per heavy atom. The van der Waals surface area contributed by atoms with E-state index in [2.05, 4.69) is 0 Å². The van der Waals surface area contributed by atoms with Crippen LogP contribution in [0.15, 0.2) is 24.3 Å². The van der Waals surface area contributed by atoms with Crippen LogP contribution in [0.5, 0.6) is 0 Å². The molecule has 0 aromatic heterocycles. The lowest BCUT2D eigenvalue weighted by molar-refractivity contribution is -0.134. The third kappa shape index (κ3) is 3.88. The Kier molecular flexibility index (Phi) is 5.55. The van der Waals surface area contributed by atoms with E-state index in [0.29, 0.717) is 13.0 Å². The number of halogens is 1. The van der Waals surface area contributed by atoms with Crippen LogP contribution in [-0.2, 0) is 9.53 Å². The van der Waals surface area contributed by atoms with Gasteiger partial charge in [0.05, 0.1) is 19.1 Å². The summed E-state index contributed by atoms with van der Waals surface area (Å²) in [6, 6.07) is 7.94. The fraction of sp³-hybridized carbons (Fsp3) is 0.500. The third-order valence-electron chi connectivity index (χ3n) is 3.22. The van der Waals surface area contributed by atoms with Gasteiger partial charge in [-0.2, -0.15) is 11.8 Å². The van der Waals surface area contributed by atoms with Gasteiger partial charge in [-0.05, 0) is 17.7 Å². The first kappa shape index (κ1) is 14.7. The summed E-state index contributed by atoms with van der Waals surface area (Å²) in [7, 11) is 1.62. The van der Waals surface area contributed by atoms with Crippen molar-refractivity contribution in [2.75, 3.05) is 31.8 Å². The summed E-state index contributed by atoms with van der Waals surface area (Å²) in [4.78, 5) is 14.2. The molecular formula is C14H18ClNO2S. The molecule has 1 fully saturated rings. The number of carbonyl (C=O) groups excluding carboxylic acids is 1. The summed E-state index contributed by atoms with van der Waals surface area (Å²) >= 11 is 7.80. The Hall–Kier alpha value is -0.710. The minimum absolute atomic E-state index is 0.153. The SMILES string of the molecule is COCCC(=O)N1CCSC[C@H]1c1ccc(Cl)cc1. The number of amides is 1. The first-order valence-electron chi connectivity index (χ1n) is 6.34. The van der Waals surface area contributed by atoms with Crippen LogP contribution in [0.2, 0.25) is 5.02 Å². The Morgan fingerprint density at radius 1 is 1.47 bits per heavy atom. The molecule has 2 rings (SSSR count). The van der Waals surface area contributed by atoms with E-state index in [1.165, 1.54) is 0 Å². The Morgan fingerprint density at radius 3 is 2.89 bits per heavy atom. The number of benzene rings is 1. The van der Waals surface area contributed by atoms with Crippen LogP contribution in [0.3, 0.4) is 0 Å². The highest BCUT2D eigenvalue weighted by Gasteiger charge is 2.27. The van der Waals surface area contributed by atoms with E-state index in [4.69, 9.17) is 16.3 Å². The average Bonchev–Trinajstić information content (AvgIpc) is 2.45. The number of hydrogen-bond donors (Lipinski definition) is 0. The van der Waals surface area contributed by atoms with Crippen molar-refractivity contribution < 1.29 is 9.53 Å². The van der Waals surface area contributed by atoms with Gasteiger partial charge in [-0.1, -0.05) is 23.7 Å². The Bertz CT molecular complexity index is 424. The summed E-state index contributed by atoms with van der Waals surface area (Å²) in [5, 5.41) is 0.726. The van der Waals surface area contributed by atoms with E-state index in [9.17, 15) is 4.79 Å². The predicted molar refractivity (Wildman–Crippen MR) is 79.7 cm³/mol. The van der Waals surface area contributed by atoms with Crippen LogP contribution in [0.25, 0.3) is 0 Å². The second-order valence-electron chi connectivity index (χ2n) is 4.47. The number of ether oxygens (including phenoxy) is 1. The maximum atomic E-state index is 12.2. The van der Waals surface area contributed by atoms with E-state index >= 15 is 0 Å². The van der Waals surface area contributed by atoms with Crippen molar-refractivity contribution in [1.29, 1.82) is 0 Å². The molecule has 0 saturated carbocycles. The molecule has 104 valence electrons. The van der Waals surface area contributed by atoms with E-state index < -0.39 is 0 Å². The normalized spacial score (nSPS) is 19.5. The fourth-order valence-electron chi connectivity index (χ4n) is 2.20. The highest BCUT2D eigenvalue weighted by atomic mass is 35.5. The number of carbonyl (C=O) groups is 1. The quantitative estimate of drug-likeness (QED) is 0.856. The van der Waals surface area contributed by atoms with E-state index in [0.717, 1.165) is 28.6 Å². The topological polar surface area (TPSA) is 29.5 Å². The average molecular weight is 300 g/mol. The zero-order valence-electron chi connectivity index (χ0n) is 11.0. The van der Waals surface area contributed by atoms with Gasteiger partial charge in [0.2, 0.25) is 5.91 Å². The van der Waals surface area contributed by atoms with Crippen molar-refractivity contribution in [3.63, 3.8) is 0 Å². The summed E-state index contributed by atoms with van der Waals surface area (Å²) in [5.74, 6) is 2.12. The van der Waals surface area contributed by atoms with Gasteiger partial charge in [-0.3, -0.25) is 4.79 Å². The predicted octanol–water partition coefficient (Wildman–Crippen LogP) is 2.99. The minimum atomic E-state index is 0.153. The van der Waals surface area contributed by atoms with Crippen molar-refractivity contribution >= 4 is 29.3 Å².